The molecule has 2 fully saturated rings. The molecule has 1 amide bonds. The van der Waals surface area contributed by atoms with Crippen LogP contribution in [0.15, 0.2) is 47.4 Å². The minimum atomic E-state index is -3.66. The van der Waals surface area contributed by atoms with Crippen LogP contribution >= 0.6 is 0 Å². The maximum Gasteiger partial charge on any atom is 0.243 e. The second kappa shape index (κ2) is 11.2. The lowest BCUT2D eigenvalue weighted by atomic mass is 10.2. The number of hydrogen-bond donors (Lipinski definition) is 3. The van der Waals surface area contributed by atoms with E-state index in [1.807, 2.05) is 31.2 Å². The van der Waals surface area contributed by atoms with E-state index >= 15 is 0 Å². The molecule has 2 aromatic carbocycles. The molecule has 0 saturated carbocycles. The number of carbonyl (C=O) groups excluding carboxylic acids is 1. The Hall–Kier alpha value is -2.66. The predicted octanol–water partition coefficient (Wildman–Crippen LogP) is 2.66. The van der Waals surface area contributed by atoms with E-state index in [0.29, 0.717) is 44.2 Å². The van der Waals surface area contributed by atoms with E-state index < -0.39 is 10.0 Å². The van der Waals surface area contributed by atoms with Crippen LogP contribution in [0, 0.1) is 6.92 Å². The number of anilines is 3. The molecule has 3 N–H and O–H groups in total. The summed E-state index contributed by atoms with van der Waals surface area (Å²) < 4.78 is 38.7. The SMILES string of the molecule is Cc1ccc(NC(=O)CNc2cc(S(=O)(=O)N3CCOCC3)ccc2NC[C@@H]2CCCO2)cc1. The van der Waals surface area contributed by atoms with Crippen LogP contribution in [0.3, 0.4) is 0 Å². The average Bonchev–Trinajstić information content (AvgIpc) is 3.37. The van der Waals surface area contributed by atoms with Gasteiger partial charge in [-0.05, 0) is 50.1 Å². The van der Waals surface area contributed by atoms with Crippen molar-refractivity contribution < 1.29 is 22.7 Å². The monoisotopic (exact) mass is 488 g/mol. The van der Waals surface area contributed by atoms with Crippen LogP contribution in [0.4, 0.5) is 17.1 Å². The predicted molar refractivity (Wildman–Crippen MR) is 132 cm³/mol. The number of amides is 1. The van der Waals surface area contributed by atoms with Crippen LogP contribution in [0.5, 0.6) is 0 Å². The number of ether oxygens (including phenoxy) is 2. The van der Waals surface area contributed by atoms with Crippen molar-refractivity contribution in [2.75, 3.05) is 62.0 Å². The molecule has 2 heterocycles. The summed E-state index contributed by atoms with van der Waals surface area (Å²) in [6.45, 7) is 4.74. The summed E-state index contributed by atoms with van der Waals surface area (Å²) in [6, 6.07) is 12.5. The fraction of sp³-hybridized carbons (Fsp3) is 0.458. The third-order valence-electron chi connectivity index (χ3n) is 5.92. The maximum absolute atomic E-state index is 13.1. The van der Waals surface area contributed by atoms with Crippen LogP contribution < -0.4 is 16.0 Å². The summed E-state index contributed by atoms with van der Waals surface area (Å²) in [5.41, 5.74) is 3.08. The molecule has 184 valence electrons. The summed E-state index contributed by atoms with van der Waals surface area (Å²) in [7, 11) is -3.66. The van der Waals surface area contributed by atoms with Gasteiger partial charge in [-0.2, -0.15) is 4.31 Å². The number of rotatable bonds is 9. The van der Waals surface area contributed by atoms with Crippen molar-refractivity contribution in [1.29, 1.82) is 0 Å². The van der Waals surface area contributed by atoms with Gasteiger partial charge in [0.25, 0.3) is 0 Å². The maximum atomic E-state index is 13.1. The van der Waals surface area contributed by atoms with Crippen molar-refractivity contribution in [2.45, 2.75) is 30.8 Å². The Balaban J connectivity index is 1.49. The third-order valence-corrected chi connectivity index (χ3v) is 7.81. The Labute approximate surface area is 200 Å². The van der Waals surface area contributed by atoms with Crippen molar-refractivity contribution >= 4 is 33.0 Å². The molecule has 0 aromatic heterocycles. The van der Waals surface area contributed by atoms with Gasteiger partial charge in [-0.25, -0.2) is 8.42 Å². The van der Waals surface area contributed by atoms with Crippen LogP contribution in [-0.2, 0) is 24.3 Å². The van der Waals surface area contributed by atoms with Gasteiger partial charge in [0, 0.05) is 31.9 Å². The normalized spacial score (nSPS) is 19.0. The molecule has 0 radical (unpaired) electrons. The van der Waals surface area contributed by atoms with Crippen LogP contribution in [0.1, 0.15) is 18.4 Å². The molecule has 2 aliphatic rings. The second-order valence-electron chi connectivity index (χ2n) is 8.51. The van der Waals surface area contributed by atoms with Gasteiger partial charge >= 0.3 is 0 Å². The van der Waals surface area contributed by atoms with Crippen LogP contribution in [0.25, 0.3) is 0 Å². The summed E-state index contributed by atoms with van der Waals surface area (Å²) in [5, 5.41) is 9.31. The number of morpholine rings is 1. The van der Waals surface area contributed by atoms with Crippen molar-refractivity contribution in [3.05, 3.63) is 48.0 Å². The highest BCUT2D eigenvalue weighted by Gasteiger charge is 2.27. The molecular weight excluding hydrogens is 456 g/mol. The lowest BCUT2D eigenvalue weighted by Gasteiger charge is -2.26. The number of nitrogens with one attached hydrogen (secondary N) is 3. The lowest BCUT2D eigenvalue weighted by Crippen LogP contribution is -2.40. The van der Waals surface area contributed by atoms with Gasteiger partial charge in [0.2, 0.25) is 15.9 Å². The Kier molecular flexibility index (Phi) is 8.04. The largest absolute Gasteiger partial charge is 0.381 e. The first-order valence-electron chi connectivity index (χ1n) is 11.6. The molecule has 0 unspecified atom stereocenters. The number of sulfonamides is 1. The van der Waals surface area contributed by atoms with E-state index in [1.54, 1.807) is 18.2 Å². The van der Waals surface area contributed by atoms with E-state index in [2.05, 4.69) is 16.0 Å². The zero-order chi connectivity index (χ0) is 24.0. The quantitative estimate of drug-likeness (QED) is 0.498. The molecule has 10 heteroatoms. The first kappa shape index (κ1) is 24.5. The molecule has 0 spiro atoms. The number of nitrogens with zero attached hydrogens (tertiary/aromatic N) is 1. The number of hydrogen-bond acceptors (Lipinski definition) is 7. The van der Waals surface area contributed by atoms with E-state index in [0.717, 1.165) is 30.7 Å². The van der Waals surface area contributed by atoms with Gasteiger partial charge in [0.05, 0.1) is 42.1 Å². The molecule has 34 heavy (non-hydrogen) atoms. The number of benzene rings is 2. The van der Waals surface area contributed by atoms with Crippen molar-refractivity contribution in [2.24, 2.45) is 0 Å². The van der Waals surface area contributed by atoms with Gasteiger partial charge in [-0.1, -0.05) is 17.7 Å². The molecule has 2 saturated heterocycles. The molecular formula is C24H32N4O5S. The fourth-order valence-corrected chi connectivity index (χ4v) is 5.40. The topological polar surface area (TPSA) is 109 Å². The molecule has 2 aliphatic heterocycles. The Morgan fingerprint density at radius 2 is 1.79 bits per heavy atom. The van der Waals surface area contributed by atoms with Gasteiger partial charge in [-0.3, -0.25) is 4.79 Å². The highest BCUT2D eigenvalue weighted by atomic mass is 32.2. The summed E-state index contributed by atoms with van der Waals surface area (Å²) >= 11 is 0. The standard InChI is InChI=1S/C24H32N4O5S/c1-18-4-6-19(7-5-18)27-24(29)17-26-23-15-21(34(30,31)28-10-13-32-14-11-28)8-9-22(23)25-16-20-3-2-12-33-20/h4-9,15,20,25-26H,2-3,10-14,16-17H2,1H3,(H,27,29)/t20-/m0/s1. The molecule has 2 aromatic rings. The second-order valence-corrected chi connectivity index (χ2v) is 10.4. The number of aryl methyl sites for hydroxylation is 1. The highest BCUT2D eigenvalue weighted by Crippen LogP contribution is 2.28. The van der Waals surface area contributed by atoms with Gasteiger partial charge in [0.15, 0.2) is 0 Å². The number of carbonyl (C=O) groups is 1. The first-order chi connectivity index (χ1) is 16.4. The highest BCUT2D eigenvalue weighted by molar-refractivity contribution is 7.89. The van der Waals surface area contributed by atoms with Gasteiger partial charge < -0.3 is 25.4 Å². The Morgan fingerprint density at radius 1 is 1.03 bits per heavy atom. The third kappa shape index (κ3) is 6.26. The zero-order valence-electron chi connectivity index (χ0n) is 19.4. The zero-order valence-corrected chi connectivity index (χ0v) is 20.2. The van der Waals surface area contributed by atoms with Crippen LogP contribution in [-0.4, -0.2) is 70.7 Å². The van der Waals surface area contributed by atoms with E-state index in [9.17, 15) is 13.2 Å². The average molecular weight is 489 g/mol. The molecule has 0 bridgehead atoms. The summed E-state index contributed by atoms with van der Waals surface area (Å²) in [4.78, 5) is 12.7. The lowest BCUT2D eigenvalue weighted by molar-refractivity contribution is -0.114. The summed E-state index contributed by atoms with van der Waals surface area (Å²) in [5.74, 6) is -0.227. The van der Waals surface area contributed by atoms with Crippen molar-refractivity contribution in [3.8, 4) is 0 Å². The summed E-state index contributed by atoms with van der Waals surface area (Å²) in [6.07, 6.45) is 2.14. The van der Waals surface area contributed by atoms with Crippen LogP contribution in [0.2, 0.25) is 0 Å². The van der Waals surface area contributed by atoms with E-state index in [-0.39, 0.29) is 23.5 Å². The Morgan fingerprint density at radius 3 is 2.50 bits per heavy atom. The van der Waals surface area contributed by atoms with E-state index in [1.165, 1.54) is 4.31 Å². The molecule has 4 rings (SSSR count). The van der Waals surface area contributed by atoms with Gasteiger partial charge in [0.1, 0.15) is 0 Å². The molecule has 1 atom stereocenters. The first-order valence-corrected chi connectivity index (χ1v) is 13.0. The molecule has 9 nitrogen and oxygen atoms in total. The minimum Gasteiger partial charge on any atom is -0.381 e. The van der Waals surface area contributed by atoms with E-state index in [4.69, 9.17) is 9.47 Å². The van der Waals surface area contributed by atoms with Crippen molar-refractivity contribution in [1.82, 2.24) is 4.31 Å². The van der Waals surface area contributed by atoms with Gasteiger partial charge in [-0.15, -0.1) is 0 Å². The smallest absolute Gasteiger partial charge is 0.243 e. The Bertz CT molecular complexity index is 1080. The van der Waals surface area contributed by atoms with Crippen molar-refractivity contribution in [3.63, 3.8) is 0 Å². The fourth-order valence-electron chi connectivity index (χ4n) is 3.97. The minimum absolute atomic E-state index is 0.0104. The molecule has 0 aliphatic carbocycles.